The Hall–Kier alpha value is -1.56. The Kier molecular flexibility index (Phi) is 3.68. The largest absolute Gasteiger partial charge is 0.486 e. The molecule has 5 heteroatoms. The number of hydrogen-bond donors (Lipinski definition) is 2. The molecule has 4 nitrogen and oxygen atoms in total. The van der Waals surface area contributed by atoms with Gasteiger partial charge in [0.25, 0.3) is 0 Å². The van der Waals surface area contributed by atoms with Gasteiger partial charge in [-0.15, -0.1) is 11.3 Å². The van der Waals surface area contributed by atoms with Gasteiger partial charge >= 0.3 is 0 Å². The summed E-state index contributed by atoms with van der Waals surface area (Å²) in [4.78, 5) is 1.29. The standard InChI is InChI=1S/C14H16N2O2S/c15-16-12(9-10-3-2-8-19-10)11-4-1-5-13-14(11)18-7-6-17-13/h1-5,8,12,16H,6-7,9,15H2. The molecule has 2 aromatic rings. The van der Waals surface area contributed by atoms with Crippen molar-refractivity contribution < 1.29 is 9.47 Å². The van der Waals surface area contributed by atoms with E-state index in [1.54, 1.807) is 11.3 Å². The molecule has 3 rings (SSSR count). The van der Waals surface area contributed by atoms with E-state index in [4.69, 9.17) is 15.3 Å². The van der Waals surface area contributed by atoms with Crippen LogP contribution in [0.3, 0.4) is 0 Å². The van der Waals surface area contributed by atoms with Crippen LogP contribution in [0.15, 0.2) is 35.7 Å². The van der Waals surface area contributed by atoms with Gasteiger partial charge in [0.15, 0.2) is 11.5 Å². The average molecular weight is 276 g/mol. The summed E-state index contributed by atoms with van der Waals surface area (Å²) >= 11 is 1.73. The molecule has 0 fully saturated rings. The number of hydrogen-bond acceptors (Lipinski definition) is 5. The fourth-order valence-corrected chi connectivity index (χ4v) is 3.01. The third-order valence-corrected chi connectivity index (χ3v) is 4.06. The molecule has 0 aliphatic carbocycles. The van der Waals surface area contributed by atoms with Crippen LogP contribution in [0.2, 0.25) is 0 Å². The lowest BCUT2D eigenvalue weighted by Gasteiger charge is -2.24. The van der Waals surface area contributed by atoms with Crippen molar-refractivity contribution in [3.05, 3.63) is 46.2 Å². The summed E-state index contributed by atoms with van der Waals surface area (Å²) in [6.07, 6.45) is 0.841. The summed E-state index contributed by atoms with van der Waals surface area (Å²) in [6, 6.07) is 10.1. The van der Waals surface area contributed by atoms with Gasteiger partial charge in [0, 0.05) is 16.9 Å². The molecule has 1 aliphatic heterocycles. The zero-order valence-corrected chi connectivity index (χ0v) is 11.3. The maximum atomic E-state index is 5.74. The van der Waals surface area contributed by atoms with Crippen molar-refractivity contribution in [2.75, 3.05) is 13.2 Å². The summed E-state index contributed by atoms with van der Waals surface area (Å²) in [5.74, 6) is 7.33. The lowest BCUT2D eigenvalue weighted by atomic mass is 10.0. The van der Waals surface area contributed by atoms with Crippen LogP contribution >= 0.6 is 11.3 Å². The minimum absolute atomic E-state index is 0.0234. The van der Waals surface area contributed by atoms with Crippen molar-refractivity contribution in [1.82, 2.24) is 5.43 Å². The van der Waals surface area contributed by atoms with Gasteiger partial charge in [0.1, 0.15) is 13.2 Å². The first-order valence-electron chi connectivity index (χ1n) is 6.25. The zero-order chi connectivity index (χ0) is 13.1. The number of ether oxygens (including phenoxy) is 2. The molecule has 0 saturated heterocycles. The van der Waals surface area contributed by atoms with Crippen LogP contribution in [-0.4, -0.2) is 13.2 Å². The lowest BCUT2D eigenvalue weighted by molar-refractivity contribution is 0.168. The van der Waals surface area contributed by atoms with Crippen molar-refractivity contribution in [2.24, 2.45) is 5.84 Å². The molecule has 1 aromatic carbocycles. The van der Waals surface area contributed by atoms with Gasteiger partial charge in [-0.2, -0.15) is 0 Å². The van der Waals surface area contributed by atoms with Crippen LogP contribution in [0, 0.1) is 0 Å². The number of para-hydroxylation sites is 1. The number of hydrazine groups is 1. The van der Waals surface area contributed by atoms with E-state index in [2.05, 4.69) is 16.9 Å². The molecular formula is C14H16N2O2S. The topological polar surface area (TPSA) is 56.5 Å². The van der Waals surface area contributed by atoms with Crippen LogP contribution in [-0.2, 0) is 6.42 Å². The maximum Gasteiger partial charge on any atom is 0.166 e. The Morgan fingerprint density at radius 1 is 1.21 bits per heavy atom. The number of thiophene rings is 1. The molecule has 0 amide bonds. The highest BCUT2D eigenvalue weighted by Gasteiger charge is 2.21. The molecule has 1 aromatic heterocycles. The monoisotopic (exact) mass is 276 g/mol. The second kappa shape index (κ2) is 5.61. The van der Waals surface area contributed by atoms with E-state index in [1.807, 2.05) is 24.3 Å². The van der Waals surface area contributed by atoms with Crippen LogP contribution < -0.4 is 20.7 Å². The number of fused-ring (bicyclic) bond motifs is 1. The van der Waals surface area contributed by atoms with E-state index in [9.17, 15) is 0 Å². The molecule has 1 unspecified atom stereocenters. The van der Waals surface area contributed by atoms with Gasteiger partial charge in [-0.3, -0.25) is 11.3 Å². The third kappa shape index (κ3) is 2.58. The van der Waals surface area contributed by atoms with E-state index in [-0.39, 0.29) is 6.04 Å². The first kappa shape index (κ1) is 12.5. The Morgan fingerprint density at radius 3 is 2.89 bits per heavy atom. The Bertz CT molecular complexity index is 542. The minimum Gasteiger partial charge on any atom is -0.486 e. The van der Waals surface area contributed by atoms with Crippen LogP contribution in [0.25, 0.3) is 0 Å². The first-order chi connectivity index (χ1) is 9.38. The van der Waals surface area contributed by atoms with E-state index >= 15 is 0 Å². The normalized spacial score (nSPS) is 15.2. The molecule has 0 saturated carbocycles. The summed E-state index contributed by atoms with van der Waals surface area (Å²) in [6.45, 7) is 1.18. The Balaban J connectivity index is 1.90. The number of rotatable bonds is 4. The van der Waals surface area contributed by atoms with Crippen molar-refractivity contribution in [1.29, 1.82) is 0 Å². The fourth-order valence-electron chi connectivity index (χ4n) is 2.26. The van der Waals surface area contributed by atoms with Crippen LogP contribution in [0.5, 0.6) is 11.5 Å². The van der Waals surface area contributed by atoms with Crippen molar-refractivity contribution in [3.63, 3.8) is 0 Å². The predicted molar refractivity (Wildman–Crippen MR) is 75.5 cm³/mol. The van der Waals surface area contributed by atoms with Gasteiger partial charge < -0.3 is 9.47 Å². The van der Waals surface area contributed by atoms with Gasteiger partial charge in [0.2, 0.25) is 0 Å². The van der Waals surface area contributed by atoms with Gasteiger partial charge in [0.05, 0.1) is 6.04 Å². The average Bonchev–Trinajstić information content (AvgIpc) is 2.97. The molecule has 0 bridgehead atoms. The highest BCUT2D eigenvalue weighted by Crippen LogP contribution is 2.37. The van der Waals surface area contributed by atoms with Crippen molar-refractivity contribution in [3.8, 4) is 11.5 Å². The Labute approximate surface area is 116 Å². The van der Waals surface area contributed by atoms with Crippen molar-refractivity contribution >= 4 is 11.3 Å². The molecule has 0 radical (unpaired) electrons. The van der Waals surface area contributed by atoms with Crippen LogP contribution in [0.4, 0.5) is 0 Å². The minimum atomic E-state index is 0.0234. The van der Waals surface area contributed by atoms with E-state index in [0.29, 0.717) is 13.2 Å². The highest BCUT2D eigenvalue weighted by atomic mass is 32.1. The van der Waals surface area contributed by atoms with E-state index in [0.717, 1.165) is 23.5 Å². The SMILES string of the molecule is NNC(Cc1cccs1)c1cccc2c1OCCO2. The lowest BCUT2D eigenvalue weighted by Crippen LogP contribution is -2.30. The van der Waals surface area contributed by atoms with Gasteiger partial charge in [-0.1, -0.05) is 18.2 Å². The first-order valence-corrected chi connectivity index (χ1v) is 7.13. The molecule has 1 aliphatic rings. The Morgan fingerprint density at radius 2 is 2.11 bits per heavy atom. The van der Waals surface area contributed by atoms with Gasteiger partial charge in [-0.25, -0.2) is 0 Å². The quantitative estimate of drug-likeness (QED) is 0.664. The third-order valence-electron chi connectivity index (χ3n) is 3.16. The molecule has 100 valence electrons. The van der Waals surface area contributed by atoms with Gasteiger partial charge in [-0.05, 0) is 17.5 Å². The van der Waals surface area contributed by atoms with E-state index in [1.165, 1.54) is 4.88 Å². The zero-order valence-electron chi connectivity index (χ0n) is 10.5. The molecule has 2 heterocycles. The fraction of sp³-hybridized carbons (Fsp3) is 0.286. The molecule has 3 N–H and O–H groups in total. The smallest absolute Gasteiger partial charge is 0.166 e. The van der Waals surface area contributed by atoms with E-state index < -0.39 is 0 Å². The number of nitrogens with one attached hydrogen (secondary N) is 1. The molecule has 1 atom stereocenters. The van der Waals surface area contributed by atoms with Crippen LogP contribution in [0.1, 0.15) is 16.5 Å². The maximum absolute atomic E-state index is 5.74. The number of nitrogens with two attached hydrogens (primary N) is 1. The predicted octanol–water partition coefficient (Wildman–Crippen LogP) is 2.27. The number of benzene rings is 1. The summed E-state index contributed by atoms with van der Waals surface area (Å²) < 4.78 is 11.3. The van der Waals surface area contributed by atoms with Crippen molar-refractivity contribution in [2.45, 2.75) is 12.5 Å². The molecule has 0 spiro atoms. The summed E-state index contributed by atoms with van der Waals surface area (Å²) in [5, 5.41) is 2.07. The summed E-state index contributed by atoms with van der Waals surface area (Å²) in [5.41, 5.74) is 3.93. The highest BCUT2D eigenvalue weighted by molar-refractivity contribution is 7.09. The second-order valence-electron chi connectivity index (χ2n) is 4.37. The molecular weight excluding hydrogens is 260 g/mol. The second-order valence-corrected chi connectivity index (χ2v) is 5.41. The summed E-state index contributed by atoms with van der Waals surface area (Å²) in [7, 11) is 0. The molecule has 19 heavy (non-hydrogen) atoms.